The number of alkyl halides is 3. The quantitative estimate of drug-likeness (QED) is 0.0900. The van der Waals surface area contributed by atoms with Crippen LogP contribution in [0.4, 0.5) is 13.2 Å². The Labute approximate surface area is 230 Å². The number of halogens is 3. The second kappa shape index (κ2) is 15.7. The maximum absolute atomic E-state index is 12.4. The number of ketones is 1. The van der Waals surface area contributed by atoms with Crippen LogP contribution in [0.15, 0.2) is 60.9 Å². The van der Waals surface area contributed by atoms with Gasteiger partial charge in [-0.25, -0.2) is 4.79 Å². The number of ether oxygens (including phenoxy) is 4. The molecule has 11 heteroatoms. The van der Waals surface area contributed by atoms with Gasteiger partial charge in [-0.15, -0.1) is 0 Å². The van der Waals surface area contributed by atoms with Crippen molar-refractivity contribution in [3.8, 4) is 22.6 Å². The van der Waals surface area contributed by atoms with Crippen molar-refractivity contribution in [2.75, 3.05) is 26.8 Å². The molecule has 2 aromatic rings. The van der Waals surface area contributed by atoms with E-state index >= 15 is 0 Å². The van der Waals surface area contributed by atoms with Gasteiger partial charge in [0.25, 0.3) is 0 Å². The number of rotatable bonds is 17. The number of Topliss-reactive ketones (excluding diaryl/α,β-unsaturated/α-hetero) is 1. The number of esters is 1. The smallest absolute Gasteiger partial charge is 0.389 e. The molecule has 0 atom stereocenters. The molecule has 0 unspecified atom stereocenters. The Morgan fingerprint density at radius 3 is 2.12 bits per heavy atom. The van der Waals surface area contributed by atoms with E-state index in [-0.39, 0.29) is 29.3 Å². The summed E-state index contributed by atoms with van der Waals surface area (Å²) in [4.78, 5) is 23.2. The molecule has 2 aromatic carbocycles. The number of unbranched alkanes of at least 4 members (excludes halogenated alkanes) is 1. The van der Waals surface area contributed by atoms with Crippen LogP contribution < -0.4 is 9.47 Å². The van der Waals surface area contributed by atoms with Gasteiger partial charge in [-0.2, -0.15) is 13.2 Å². The summed E-state index contributed by atoms with van der Waals surface area (Å²) in [6.45, 7) is 6.57. The lowest BCUT2D eigenvalue weighted by atomic mass is 9.94. The number of carbonyl (C=O) groups excluding carboxylic acids is 2. The van der Waals surface area contributed by atoms with E-state index in [0.717, 1.165) is 16.7 Å². The molecule has 0 spiro atoms. The van der Waals surface area contributed by atoms with Gasteiger partial charge in [0.1, 0.15) is 18.1 Å². The second-order valence-corrected chi connectivity index (χ2v) is 8.73. The van der Waals surface area contributed by atoms with E-state index in [9.17, 15) is 22.8 Å². The molecule has 2 N–H and O–H groups in total. The highest BCUT2D eigenvalue weighted by atomic mass is 19.4. The monoisotopic (exact) mass is 566 g/mol. The third-order valence-corrected chi connectivity index (χ3v) is 5.73. The molecule has 0 aromatic heterocycles. The number of carbonyl (C=O) groups is 2. The Morgan fingerprint density at radius 2 is 1.55 bits per heavy atom. The van der Waals surface area contributed by atoms with Crippen molar-refractivity contribution < 1.29 is 51.9 Å². The van der Waals surface area contributed by atoms with Crippen LogP contribution in [0.5, 0.6) is 11.5 Å². The molecule has 0 aliphatic rings. The summed E-state index contributed by atoms with van der Waals surface area (Å²) in [7, 11) is 0. The molecule has 0 heterocycles. The minimum atomic E-state index is -4.16. The molecule has 8 nitrogen and oxygen atoms in total. The summed E-state index contributed by atoms with van der Waals surface area (Å²) in [6, 6.07) is 10.6. The molecular formula is C29H33F3O8. The van der Waals surface area contributed by atoms with Crippen molar-refractivity contribution in [3.05, 3.63) is 72.0 Å². The van der Waals surface area contributed by atoms with Crippen LogP contribution in [0.25, 0.3) is 11.1 Å². The minimum Gasteiger partial charge on any atom is -0.457 e. The van der Waals surface area contributed by atoms with Crippen molar-refractivity contribution in [2.24, 2.45) is 0 Å². The van der Waals surface area contributed by atoms with Crippen LogP contribution in [0.3, 0.4) is 0 Å². The highest BCUT2D eigenvalue weighted by Gasteiger charge is 2.25. The first-order valence-corrected chi connectivity index (χ1v) is 12.5. The Bertz CT molecular complexity index is 1140. The first-order valence-electron chi connectivity index (χ1n) is 12.5. The predicted molar refractivity (Wildman–Crippen MR) is 140 cm³/mol. The third kappa shape index (κ3) is 10.7. The van der Waals surface area contributed by atoms with Crippen molar-refractivity contribution in [1.82, 2.24) is 0 Å². The van der Waals surface area contributed by atoms with Crippen LogP contribution in [0.1, 0.15) is 37.3 Å². The summed E-state index contributed by atoms with van der Waals surface area (Å²) in [5, 5.41) is 17.9. The van der Waals surface area contributed by atoms with Crippen molar-refractivity contribution in [3.63, 3.8) is 0 Å². The van der Waals surface area contributed by atoms with Crippen LogP contribution in [0.2, 0.25) is 0 Å². The number of hydrogen-bond donors (Lipinski definition) is 2. The summed E-state index contributed by atoms with van der Waals surface area (Å²) in [5.41, 5.74) is 3.22. The van der Waals surface area contributed by atoms with Gasteiger partial charge >= 0.3 is 12.1 Å². The Balaban J connectivity index is 2.25. The van der Waals surface area contributed by atoms with E-state index in [2.05, 4.69) is 13.2 Å². The minimum absolute atomic E-state index is 0.0570. The predicted octanol–water partition coefficient (Wildman–Crippen LogP) is 5.05. The Hall–Kier alpha value is -3.83. The zero-order valence-electron chi connectivity index (χ0n) is 22.2. The number of hydrogen-bond acceptors (Lipinski definition) is 8. The first kappa shape index (κ1) is 32.4. The van der Waals surface area contributed by atoms with Gasteiger partial charge in [-0.3, -0.25) is 4.79 Å². The molecule has 0 bridgehead atoms. The van der Waals surface area contributed by atoms with E-state index in [0.29, 0.717) is 24.8 Å². The molecule has 0 saturated heterocycles. The Kier molecular flexibility index (Phi) is 12.7. The lowest BCUT2D eigenvalue weighted by molar-refractivity contribution is -0.146. The molecule has 0 aliphatic carbocycles. The highest BCUT2D eigenvalue weighted by Crippen LogP contribution is 2.33. The average Bonchev–Trinajstić information content (AvgIpc) is 2.93. The van der Waals surface area contributed by atoms with Crippen LogP contribution in [0, 0.1) is 0 Å². The summed E-state index contributed by atoms with van der Waals surface area (Å²) in [6.07, 6.45) is -3.35. The molecule has 218 valence electrons. The summed E-state index contributed by atoms with van der Waals surface area (Å²) >= 11 is 0. The Morgan fingerprint density at radius 1 is 0.900 bits per heavy atom. The number of benzene rings is 2. The van der Waals surface area contributed by atoms with E-state index in [1.165, 1.54) is 6.07 Å². The zero-order valence-corrected chi connectivity index (χ0v) is 22.2. The van der Waals surface area contributed by atoms with E-state index in [1.54, 1.807) is 12.1 Å². The SMILES string of the molecule is C=C(CO)C(=O)OCOc1cc(OCOC(=C)C(=O)CO)cc(-c2ccc(CCCCC(F)(F)F)cc2CC)c1. The fraction of sp³-hybridized carbons (Fsp3) is 0.379. The molecule has 0 aliphatic heterocycles. The fourth-order valence-electron chi connectivity index (χ4n) is 3.58. The van der Waals surface area contributed by atoms with Crippen molar-refractivity contribution >= 4 is 11.8 Å². The fourth-order valence-corrected chi connectivity index (χ4v) is 3.58. The van der Waals surface area contributed by atoms with Gasteiger partial charge in [0.05, 0.1) is 12.2 Å². The lowest BCUT2D eigenvalue weighted by Crippen LogP contribution is -2.14. The van der Waals surface area contributed by atoms with E-state index in [4.69, 9.17) is 29.2 Å². The normalized spacial score (nSPS) is 11.1. The van der Waals surface area contributed by atoms with Crippen LogP contribution in [-0.2, 0) is 31.9 Å². The van der Waals surface area contributed by atoms with E-state index in [1.807, 2.05) is 25.1 Å². The van der Waals surface area contributed by atoms with Gasteiger partial charge in [-0.05, 0) is 60.1 Å². The topological polar surface area (TPSA) is 112 Å². The number of aliphatic hydroxyl groups excluding tert-OH is 2. The third-order valence-electron chi connectivity index (χ3n) is 5.73. The van der Waals surface area contributed by atoms with Gasteiger partial charge in [0.2, 0.25) is 19.4 Å². The maximum atomic E-state index is 12.4. The van der Waals surface area contributed by atoms with E-state index < -0.39 is 51.1 Å². The van der Waals surface area contributed by atoms with Gasteiger partial charge in [-0.1, -0.05) is 38.3 Å². The lowest BCUT2D eigenvalue weighted by Gasteiger charge is -2.16. The zero-order chi connectivity index (χ0) is 29.7. The first-order chi connectivity index (χ1) is 19.0. The maximum Gasteiger partial charge on any atom is 0.389 e. The standard InChI is InChI=1S/C29H33F3O8/c1-4-22-11-21(7-5-6-10-29(30,31)32)8-9-26(22)23-12-24(38-17-37-20(3)27(35)16-34)14-25(13-23)39-18-40-28(36)19(2)15-33/h8-9,11-14,33-34H,2-7,10,15-18H2,1H3. The largest absolute Gasteiger partial charge is 0.457 e. The number of aryl methyl sites for hydroxylation is 2. The molecule has 2 rings (SSSR count). The summed E-state index contributed by atoms with van der Waals surface area (Å²) in [5.74, 6) is -1.25. The van der Waals surface area contributed by atoms with Crippen molar-refractivity contribution in [2.45, 2.75) is 45.2 Å². The van der Waals surface area contributed by atoms with Crippen molar-refractivity contribution in [1.29, 1.82) is 0 Å². The second-order valence-electron chi connectivity index (χ2n) is 8.73. The molecule has 0 saturated carbocycles. The molecule has 0 fully saturated rings. The molecule has 0 radical (unpaired) electrons. The van der Waals surface area contributed by atoms with Gasteiger partial charge in [0.15, 0.2) is 5.76 Å². The molecule has 0 amide bonds. The molecule has 40 heavy (non-hydrogen) atoms. The molecular weight excluding hydrogens is 533 g/mol. The van der Waals surface area contributed by atoms with Gasteiger partial charge < -0.3 is 29.2 Å². The average molecular weight is 567 g/mol. The number of aliphatic hydroxyl groups is 2. The van der Waals surface area contributed by atoms with Gasteiger partial charge in [0, 0.05) is 12.5 Å². The van der Waals surface area contributed by atoms with Crippen LogP contribution in [-0.4, -0.2) is 54.9 Å². The van der Waals surface area contributed by atoms with Crippen LogP contribution >= 0.6 is 0 Å². The summed E-state index contributed by atoms with van der Waals surface area (Å²) < 4.78 is 58.6. The highest BCUT2D eigenvalue weighted by molar-refractivity contribution is 5.93.